The summed E-state index contributed by atoms with van der Waals surface area (Å²) in [6.45, 7) is 0.269. The number of fused-ring (bicyclic) bond motifs is 1. The number of hydrogen-bond acceptors (Lipinski definition) is 6. The van der Waals surface area contributed by atoms with Crippen LogP contribution in [0.1, 0.15) is 16.1 Å². The summed E-state index contributed by atoms with van der Waals surface area (Å²) in [5.41, 5.74) is 1.44. The summed E-state index contributed by atoms with van der Waals surface area (Å²) < 4.78 is 1.33. The maximum atomic E-state index is 13.3. The zero-order valence-electron chi connectivity index (χ0n) is 18.0. The molecule has 0 radical (unpaired) electrons. The third kappa shape index (κ3) is 4.72. The van der Waals surface area contributed by atoms with Crippen LogP contribution in [0.3, 0.4) is 0 Å². The average Bonchev–Trinajstić information content (AvgIpc) is 2.87. The Labute approximate surface area is 199 Å². The molecule has 2 aromatic carbocycles. The van der Waals surface area contributed by atoms with E-state index in [4.69, 9.17) is 0 Å². The molecule has 1 amide bonds. The second-order valence-corrected chi connectivity index (χ2v) is 8.49. The van der Waals surface area contributed by atoms with Crippen LogP contribution in [0, 0.1) is 0 Å². The van der Waals surface area contributed by atoms with Gasteiger partial charge in [-0.25, -0.2) is 14.6 Å². The fourth-order valence-electron chi connectivity index (χ4n) is 3.51. The SMILES string of the molecule is O=C(Nc1ccnc(Sc2ccccn2)c1)c1nn(Cc2ccccc2)c(=O)c2ccccc12. The molecule has 0 aliphatic carbocycles. The summed E-state index contributed by atoms with van der Waals surface area (Å²) in [4.78, 5) is 35.0. The van der Waals surface area contributed by atoms with Gasteiger partial charge in [0.05, 0.1) is 11.9 Å². The van der Waals surface area contributed by atoms with E-state index < -0.39 is 5.91 Å². The van der Waals surface area contributed by atoms with Crippen LogP contribution in [-0.2, 0) is 6.54 Å². The monoisotopic (exact) mass is 465 g/mol. The third-order valence-corrected chi connectivity index (χ3v) is 5.98. The van der Waals surface area contributed by atoms with Crippen LogP contribution in [0.5, 0.6) is 0 Å². The van der Waals surface area contributed by atoms with Crippen LogP contribution in [0.15, 0.2) is 112 Å². The van der Waals surface area contributed by atoms with Crippen molar-refractivity contribution in [3.63, 3.8) is 0 Å². The standard InChI is InChI=1S/C26H19N5O2S/c32-25(29-19-13-15-28-23(16-19)34-22-12-6-7-14-27-22)24-20-10-4-5-11-21(20)26(33)31(30-24)17-18-8-2-1-3-9-18/h1-16H,17H2,(H,28,29,32). The average molecular weight is 466 g/mol. The lowest BCUT2D eigenvalue weighted by atomic mass is 10.1. The Morgan fingerprint density at radius 1 is 0.824 bits per heavy atom. The first-order chi connectivity index (χ1) is 16.7. The van der Waals surface area contributed by atoms with Crippen molar-refractivity contribution in [2.24, 2.45) is 0 Å². The molecule has 166 valence electrons. The van der Waals surface area contributed by atoms with E-state index >= 15 is 0 Å². The Bertz CT molecular complexity index is 1520. The van der Waals surface area contributed by atoms with Crippen molar-refractivity contribution in [2.75, 3.05) is 5.32 Å². The number of pyridine rings is 2. The molecule has 3 aromatic heterocycles. The Hall–Kier alpha value is -4.30. The number of carbonyl (C=O) groups is 1. The van der Waals surface area contributed by atoms with Crippen molar-refractivity contribution in [1.82, 2.24) is 19.7 Å². The summed E-state index contributed by atoms with van der Waals surface area (Å²) in [6.07, 6.45) is 3.35. The van der Waals surface area contributed by atoms with E-state index in [2.05, 4.69) is 20.4 Å². The summed E-state index contributed by atoms with van der Waals surface area (Å²) in [5, 5.41) is 9.79. The van der Waals surface area contributed by atoms with E-state index in [0.29, 0.717) is 21.5 Å². The summed E-state index contributed by atoms with van der Waals surface area (Å²) in [6, 6.07) is 25.7. The Morgan fingerprint density at radius 2 is 1.56 bits per heavy atom. The lowest BCUT2D eigenvalue weighted by molar-refractivity contribution is 0.102. The number of hydrogen-bond donors (Lipinski definition) is 1. The summed E-state index contributed by atoms with van der Waals surface area (Å²) in [5.74, 6) is -0.405. The molecule has 0 aliphatic rings. The van der Waals surface area contributed by atoms with Gasteiger partial charge in [0, 0.05) is 23.5 Å². The van der Waals surface area contributed by atoms with E-state index in [1.807, 2.05) is 48.5 Å². The van der Waals surface area contributed by atoms with Crippen LogP contribution < -0.4 is 10.9 Å². The molecule has 5 aromatic rings. The van der Waals surface area contributed by atoms with Gasteiger partial charge < -0.3 is 5.32 Å². The second kappa shape index (κ2) is 9.68. The van der Waals surface area contributed by atoms with Crippen LogP contribution in [-0.4, -0.2) is 25.7 Å². The maximum absolute atomic E-state index is 13.3. The molecule has 8 heteroatoms. The van der Waals surface area contributed by atoms with Crippen molar-refractivity contribution in [3.8, 4) is 0 Å². The molecule has 5 rings (SSSR count). The number of anilines is 1. The highest BCUT2D eigenvalue weighted by atomic mass is 32.2. The Balaban J connectivity index is 1.47. The second-order valence-electron chi connectivity index (χ2n) is 7.45. The van der Waals surface area contributed by atoms with Crippen LogP contribution in [0.4, 0.5) is 5.69 Å². The molecule has 3 heterocycles. The number of benzene rings is 2. The van der Waals surface area contributed by atoms with Gasteiger partial charge in [0.15, 0.2) is 5.69 Å². The van der Waals surface area contributed by atoms with Gasteiger partial charge in [-0.15, -0.1) is 0 Å². The van der Waals surface area contributed by atoms with Crippen molar-refractivity contribution >= 4 is 34.1 Å². The normalized spacial score (nSPS) is 10.8. The summed E-state index contributed by atoms with van der Waals surface area (Å²) in [7, 11) is 0. The van der Waals surface area contributed by atoms with Crippen LogP contribution >= 0.6 is 11.8 Å². The molecule has 0 aliphatic heterocycles. The van der Waals surface area contributed by atoms with E-state index in [-0.39, 0.29) is 17.8 Å². The highest BCUT2D eigenvalue weighted by molar-refractivity contribution is 7.99. The van der Waals surface area contributed by atoms with Crippen molar-refractivity contribution in [2.45, 2.75) is 16.6 Å². The number of aromatic nitrogens is 4. The Morgan fingerprint density at radius 3 is 2.35 bits per heavy atom. The highest BCUT2D eigenvalue weighted by Gasteiger charge is 2.17. The molecule has 0 bridgehead atoms. The smallest absolute Gasteiger partial charge is 0.276 e. The van der Waals surface area contributed by atoms with Crippen molar-refractivity contribution in [1.29, 1.82) is 0 Å². The first-order valence-electron chi connectivity index (χ1n) is 10.6. The van der Waals surface area contributed by atoms with E-state index in [1.54, 1.807) is 48.8 Å². The van der Waals surface area contributed by atoms with Crippen molar-refractivity contribution < 1.29 is 4.79 Å². The molecule has 0 saturated carbocycles. The number of nitrogens with zero attached hydrogens (tertiary/aromatic N) is 4. The molecule has 0 unspecified atom stereocenters. The van der Waals surface area contributed by atoms with Gasteiger partial charge in [0.2, 0.25) is 0 Å². The van der Waals surface area contributed by atoms with E-state index in [9.17, 15) is 9.59 Å². The van der Waals surface area contributed by atoms with E-state index in [0.717, 1.165) is 10.6 Å². The predicted octanol–water partition coefficient (Wildman–Crippen LogP) is 4.64. The zero-order valence-corrected chi connectivity index (χ0v) is 18.8. The van der Waals surface area contributed by atoms with Gasteiger partial charge >= 0.3 is 0 Å². The minimum Gasteiger partial charge on any atom is -0.320 e. The predicted molar refractivity (Wildman–Crippen MR) is 132 cm³/mol. The minimum atomic E-state index is -0.405. The first-order valence-corrected chi connectivity index (χ1v) is 11.4. The van der Waals surface area contributed by atoms with E-state index in [1.165, 1.54) is 16.4 Å². The van der Waals surface area contributed by atoms with Gasteiger partial charge in [-0.2, -0.15) is 5.10 Å². The number of amides is 1. The summed E-state index contributed by atoms with van der Waals surface area (Å²) >= 11 is 1.40. The molecular weight excluding hydrogens is 446 g/mol. The largest absolute Gasteiger partial charge is 0.320 e. The number of nitrogens with one attached hydrogen (secondary N) is 1. The van der Waals surface area contributed by atoms with Gasteiger partial charge in [-0.1, -0.05) is 66.4 Å². The number of rotatable bonds is 6. The van der Waals surface area contributed by atoms with Gasteiger partial charge in [0.25, 0.3) is 11.5 Å². The lowest BCUT2D eigenvalue weighted by Gasteiger charge is -2.12. The van der Waals surface area contributed by atoms with Gasteiger partial charge in [-0.05, 0) is 35.9 Å². The third-order valence-electron chi connectivity index (χ3n) is 5.10. The quantitative estimate of drug-likeness (QED) is 0.393. The molecular formula is C26H19N5O2S. The zero-order chi connectivity index (χ0) is 23.3. The van der Waals surface area contributed by atoms with Crippen LogP contribution in [0.2, 0.25) is 0 Å². The molecule has 0 saturated heterocycles. The Kier molecular flexibility index (Phi) is 6.13. The molecule has 1 N–H and O–H groups in total. The van der Waals surface area contributed by atoms with Crippen LogP contribution in [0.25, 0.3) is 10.8 Å². The van der Waals surface area contributed by atoms with Crippen molar-refractivity contribution in [3.05, 3.63) is 119 Å². The first kappa shape index (κ1) is 21.5. The molecule has 0 spiro atoms. The molecule has 34 heavy (non-hydrogen) atoms. The number of carbonyl (C=O) groups excluding carboxylic acids is 1. The maximum Gasteiger partial charge on any atom is 0.276 e. The topological polar surface area (TPSA) is 89.8 Å². The molecule has 7 nitrogen and oxygen atoms in total. The molecule has 0 atom stereocenters. The minimum absolute atomic E-state index is 0.182. The molecule has 0 fully saturated rings. The highest BCUT2D eigenvalue weighted by Crippen LogP contribution is 2.26. The van der Waals surface area contributed by atoms with Gasteiger partial charge in [0.1, 0.15) is 10.1 Å². The fraction of sp³-hybridized carbons (Fsp3) is 0.0385. The lowest BCUT2D eigenvalue weighted by Crippen LogP contribution is -2.28. The van der Waals surface area contributed by atoms with Gasteiger partial charge in [-0.3, -0.25) is 9.59 Å². The fourth-order valence-corrected chi connectivity index (χ4v) is 4.29.